The Hall–Kier alpha value is -3.21. The van der Waals surface area contributed by atoms with Gasteiger partial charge in [0.05, 0.1) is 0 Å². The van der Waals surface area contributed by atoms with Crippen LogP contribution in [0.5, 0.6) is 0 Å². The Morgan fingerprint density at radius 2 is 1.59 bits per heavy atom. The maximum absolute atomic E-state index is 12.5. The molecule has 27 heavy (non-hydrogen) atoms. The summed E-state index contributed by atoms with van der Waals surface area (Å²) in [5.41, 5.74) is 2.77. The van der Waals surface area contributed by atoms with Gasteiger partial charge in [0.2, 0.25) is 0 Å². The molecule has 5 nitrogen and oxygen atoms in total. The Morgan fingerprint density at radius 3 is 2.26 bits per heavy atom. The van der Waals surface area contributed by atoms with Crippen molar-refractivity contribution in [1.29, 1.82) is 0 Å². The molecule has 3 rings (SSSR count). The van der Waals surface area contributed by atoms with E-state index in [0.717, 1.165) is 12.2 Å². The van der Waals surface area contributed by atoms with Gasteiger partial charge < -0.3 is 10.2 Å². The predicted octanol–water partition coefficient (Wildman–Crippen LogP) is 3.39. The molecular formula is C22H24N4O. The predicted molar refractivity (Wildman–Crippen MR) is 108 cm³/mol. The van der Waals surface area contributed by atoms with Crippen LogP contribution in [0, 0.1) is 6.92 Å². The number of aromatic nitrogens is 2. The number of nitrogens with one attached hydrogen (secondary N) is 1. The molecule has 0 saturated carbocycles. The van der Waals surface area contributed by atoms with Crippen LogP contribution < -0.4 is 10.2 Å². The monoisotopic (exact) mass is 360 g/mol. The van der Waals surface area contributed by atoms with E-state index >= 15 is 0 Å². The third-order valence-corrected chi connectivity index (χ3v) is 4.25. The van der Waals surface area contributed by atoms with E-state index < -0.39 is 0 Å². The van der Waals surface area contributed by atoms with Gasteiger partial charge in [-0.3, -0.25) is 4.79 Å². The fourth-order valence-electron chi connectivity index (χ4n) is 2.86. The van der Waals surface area contributed by atoms with E-state index in [2.05, 4.69) is 39.6 Å². The summed E-state index contributed by atoms with van der Waals surface area (Å²) in [6, 6.07) is 22.0. The third-order valence-electron chi connectivity index (χ3n) is 4.25. The van der Waals surface area contributed by atoms with Crippen molar-refractivity contribution in [3.63, 3.8) is 0 Å². The second-order valence-corrected chi connectivity index (χ2v) is 6.49. The lowest BCUT2D eigenvalue weighted by Gasteiger charge is -2.19. The number of nitrogens with zero attached hydrogens (tertiary/aromatic N) is 3. The van der Waals surface area contributed by atoms with Gasteiger partial charge in [0.15, 0.2) is 0 Å². The zero-order valence-corrected chi connectivity index (χ0v) is 15.7. The first kappa shape index (κ1) is 18.6. The first-order valence-corrected chi connectivity index (χ1v) is 9.04. The number of anilines is 1. The molecule has 2 aromatic carbocycles. The molecule has 1 N–H and O–H groups in total. The Bertz CT molecular complexity index is 881. The normalized spacial score (nSPS) is 10.4. The van der Waals surface area contributed by atoms with Crippen molar-refractivity contribution >= 4 is 11.7 Å². The summed E-state index contributed by atoms with van der Waals surface area (Å²) in [7, 11) is 1.96. The van der Waals surface area contributed by atoms with Crippen molar-refractivity contribution in [2.45, 2.75) is 19.9 Å². The molecule has 0 spiro atoms. The molecular weight excluding hydrogens is 336 g/mol. The van der Waals surface area contributed by atoms with Gasteiger partial charge >= 0.3 is 0 Å². The second kappa shape index (κ2) is 8.94. The number of carbonyl (C=O) groups excluding carboxylic acids is 1. The fraction of sp³-hybridized carbons (Fsp3) is 0.227. The largest absolute Gasteiger partial charge is 0.355 e. The maximum Gasteiger partial charge on any atom is 0.270 e. The quantitative estimate of drug-likeness (QED) is 0.702. The molecule has 138 valence electrons. The number of hydrogen-bond acceptors (Lipinski definition) is 4. The number of aryl methyl sites for hydroxylation is 1. The number of amides is 1. The van der Waals surface area contributed by atoms with E-state index in [1.165, 1.54) is 11.1 Å². The highest BCUT2D eigenvalue weighted by atomic mass is 16.1. The number of carbonyl (C=O) groups is 1. The fourth-order valence-corrected chi connectivity index (χ4v) is 2.86. The molecule has 1 amide bonds. The summed E-state index contributed by atoms with van der Waals surface area (Å²) in [5.74, 6) is 1.14. The highest BCUT2D eigenvalue weighted by Gasteiger charge is 2.12. The first-order valence-electron chi connectivity index (χ1n) is 9.04. The Morgan fingerprint density at radius 1 is 0.963 bits per heavy atom. The Balaban J connectivity index is 1.64. The summed E-state index contributed by atoms with van der Waals surface area (Å²) in [4.78, 5) is 23.3. The average molecular weight is 360 g/mol. The molecule has 0 aliphatic carbocycles. The number of rotatable bonds is 7. The van der Waals surface area contributed by atoms with Crippen LogP contribution in [0.3, 0.4) is 0 Å². The number of hydrogen-bond donors (Lipinski definition) is 1. The van der Waals surface area contributed by atoms with Gasteiger partial charge in [0.1, 0.15) is 17.3 Å². The van der Waals surface area contributed by atoms with E-state index in [-0.39, 0.29) is 5.91 Å². The van der Waals surface area contributed by atoms with Crippen LogP contribution >= 0.6 is 0 Å². The molecule has 1 heterocycles. The third kappa shape index (κ3) is 5.38. The molecule has 3 aromatic rings. The highest BCUT2D eigenvalue weighted by Crippen LogP contribution is 2.14. The van der Waals surface area contributed by atoms with Gasteiger partial charge in [-0.2, -0.15) is 0 Å². The zero-order chi connectivity index (χ0) is 19.1. The smallest absolute Gasteiger partial charge is 0.270 e. The van der Waals surface area contributed by atoms with Gasteiger partial charge in [0, 0.05) is 26.2 Å². The van der Waals surface area contributed by atoms with Gasteiger partial charge in [-0.1, -0.05) is 60.7 Å². The van der Waals surface area contributed by atoms with Crippen molar-refractivity contribution in [2.24, 2.45) is 0 Å². The summed E-state index contributed by atoms with van der Waals surface area (Å²) >= 11 is 0. The van der Waals surface area contributed by atoms with Gasteiger partial charge in [-0.25, -0.2) is 9.97 Å². The lowest BCUT2D eigenvalue weighted by molar-refractivity contribution is 0.0949. The minimum Gasteiger partial charge on any atom is -0.355 e. The molecule has 5 heteroatoms. The van der Waals surface area contributed by atoms with Gasteiger partial charge in [0.25, 0.3) is 5.91 Å². The number of benzene rings is 2. The van der Waals surface area contributed by atoms with Crippen molar-refractivity contribution in [1.82, 2.24) is 15.3 Å². The van der Waals surface area contributed by atoms with Crippen LogP contribution in [-0.2, 0) is 13.0 Å². The summed E-state index contributed by atoms with van der Waals surface area (Å²) < 4.78 is 0. The highest BCUT2D eigenvalue weighted by molar-refractivity contribution is 5.92. The lowest BCUT2D eigenvalue weighted by atomic mass is 10.1. The molecule has 0 saturated heterocycles. The Labute approximate surface area is 160 Å². The zero-order valence-electron chi connectivity index (χ0n) is 15.7. The summed E-state index contributed by atoms with van der Waals surface area (Å²) in [5, 5.41) is 2.94. The van der Waals surface area contributed by atoms with E-state index in [1.807, 2.05) is 48.3 Å². The molecule has 1 aromatic heterocycles. The average Bonchev–Trinajstić information content (AvgIpc) is 2.69. The SMILES string of the molecule is Cc1nc(C(=O)NCCc2ccccc2)cc(N(C)Cc2ccccc2)n1. The molecule has 0 unspecified atom stereocenters. The van der Waals surface area contributed by atoms with E-state index in [9.17, 15) is 4.79 Å². The van der Waals surface area contributed by atoms with Gasteiger partial charge in [-0.15, -0.1) is 0 Å². The van der Waals surface area contributed by atoms with Crippen LogP contribution in [0.25, 0.3) is 0 Å². The Kier molecular flexibility index (Phi) is 6.15. The van der Waals surface area contributed by atoms with Crippen LogP contribution in [0.1, 0.15) is 27.4 Å². The topological polar surface area (TPSA) is 58.1 Å². The van der Waals surface area contributed by atoms with Crippen LogP contribution in [0.15, 0.2) is 66.7 Å². The molecule has 0 aliphatic rings. The van der Waals surface area contributed by atoms with Crippen molar-refractivity contribution in [3.8, 4) is 0 Å². The minimum absolute atomic E-state index is 0.175. The first-order chi connectivity index (χ1) is 13.1. The minimum atomic E-state index is -0.175. The standard InChI is InChI=1S/C22H24N4O/c1-17-24-20(22(27)23-14-13-18-9-5-3-6-10-18)15-21(25-17)26(2)16-19-11-7-4-8-12-19/h3-12,15H,13-14,16H2,1-2H3,(H,23,27). The van der Waals surface area contributed by atoms with Gasteiger partial charge in [-0.05, 0) is 24.5 Å². The van der Waals surface area contributed by atoms with Crippen molar-refractivity contribution in [2.75, 3.05) is 18.5 Å². The maximum atomic E-state index is 12.5. The van der Waals surface area contributed by atoms with E-state index in [4.69, 9.17) is 0 Å². The summed E-state index contributed by atoms with van der Waals surface area (Å²) in [6.07, 6.45) is 0.789. The van der Waals surface area contributed by atoms with Crippen LogP contribution in [-0.4, -0.2) is 29.5 Å². The molecule has 0 fully saturated rings. The van der Waals surface area contributed by atoms with Crippen molar-refractivity contribution < 1.29 is 4.79 Å². The van der Waals surface area contributed by atoms with Crippen LogP contribution in [0.4, 0.5) is 5.82 Å². The summed E-state index contributed by atoms with van der Waals surface area (Å²) in [6.45, 7) is 3.09. The molecule has 0 bridgehead atoms. The molecule has 0 atom stereocenters. The lowest BCUT2D eigenvalue weighted by Crippen LogP contribution is -2.27. The van der Waals surface area contributed by atoms with E-state index in [0.29, 0.717) is 24.6 Å². The van der Waals surface area contributed by atoms with E-state index in [1.54, 1.807) is 13.0 Å². The second-order valence-electron chi connectivity index (χ2n) is 6.49. The molecule has 0 radical (unpaired) electrons. The molecule has 0 aliphatic heterocycles. The van der Waals surface area contributed by atoms with Crippen molar-refractivity contribution in [3.05, 3.63) is 89.4 Å². The van der Waals surface area contributed by atoms with Crippen LogP contribution in [0.2, 0.25) is 0 Å².